The van der Waals surface area contributed by atoms with Crippen LogP contribution in [0.4, 0.5) is 0 Å². The maximum absolute atomic E-state index is 12.4. The monoisotopic (exact) mass is 371 g/mol. The van der Waals surface area contributed by atoms with Gasteiger partial charge in [0.1, 0.15) is 11.8 Å². The molecule has 2 saturated heterocycles. The normalized spacial score (nSPS) is 32.7. The van der Waals surface area contributed by atoms with Crippen LogP contribution in [0.5, 0.6) is 5.75 Å². The fourth-order valence-electron chi connectivity index (χ4n) is 5.49. The number of hydrogen-bond donors (Lipinski definition) is 3. The molecule has 3 aliphatic rings. The van der Waals surface area contributed by atoms with Gasteiger partial charge in [-0.15, -0.1) is 0 Å². The summed E-state index contributed by atoms with van der Waals surface area (Å²) in [7, 11) is 2.20. The number of aromatic hydroxyl groups is 1. The Labute approximate surface area is 160 Å². The van der Waals surface area contributed by atoms with Crippen molar-refractivity contribution in [1.29, 1.82) is 0 Å². The molecule has 2 aliphatic heterocycles. The molecule has 146 valence electrons. The SMILES string of the molecule is C[C@H]1[C@H]2Cc3ccc(O)cc3[C@]1(CCNC(=O)[C@@H]1CCC(=O)N1)CCN2C. The number of amides is 2. The Balaban J connectivity index is 1.53. The van der Waals surface area contributed by atoms with E-state index in [0.717, 1.165) is 25.8 Å². The van der Waals surface area contributed by atoms with Gasteiger partial charge in [0.2, 0.25) is 11.8 Å². The smallest absolute Gasteiger partial charge is 0.242 e. The molecule has 4 atom stereocenters. The quantitative estimate of drug-likeness (QED) is 0.745. The van der Waals surface area contributed by atoms with Crippen molar-refractivity contribution >= 4 is 11.8 Å². The number of likely N-dealkylation sites (N-methyl/N-ethyl adjacent to an activating group) is 1. The van der Waals surface area contributed by atoms with E-state index in [1.165, 1.54) is 11.1 Å². The van der Waals surface area contributed by atoms with Gasteiger partial charge in [0, 0.05) is 24.4 Å². The van der Waals surface area contributed by atoms with E-state index in [2.05, 4.69) is 35.6 Å². The number of hydrogen-bond acceptors (Lipinski definition) is 4. The average Bonchev–Trinajstić information content (AvgIpc) is 3.07. The van der Waals surface area contributed by atoms with E-state index in [1.54, 1.807) is 6.07 Å². The number of carbonyl (C=O) groups is 2. The summed E-state index contributed by atoms with van der Waals surface area (Å²) in [5, 5.41) is 15.9. The molecule has 6 heteroatoms. The number of likely N-dealkylation sites (tertiary alicyclic amines) is 1. The van der Waals surface area contributed by atoms with E-state index < -0.39 is 0 Å². The first-order valence-electron chi connectivity index (χ1n) is 10.0. The minimum atomic E-state index is -0.389. The second-order valence-electron chi connectivity index (χ2n) is 8.49. The number of benzene rings is 1. The molecule has 4 rings (SSSR count). The highest BCUT2D eigenvalue weighted by Crippen LogP contribution is 2.51. The van der Waals surface area contributed by atoms with Crippen LogP contribution in [-0.4, -0.2) is 54.0 Å². The number of phenolic OH excluding ortho intramolecular Hbond substituents is 1. The first-order chi connectivity index (χ1) is 12.9. The molecule has 2 fully saturated rings. The van der Waals surface area contributed by atoms with Gasteiger partial charge in [-0.2, -0.15) is 0 Å². The molecular formula is C21H29N3O3. The molecule has 0 aromatic heterocycles. The minimum Gasteiger partial charge on any atom is -0.508 e. The highest BCUT2D eigenvalue weighted by molar-refractivity contribution is 5.90. The van der Waals surface area contributed by atoms with Crippen LogP contribution < -0.4 is 10.6 Å². The van der Waals surface area contributed by atoms with Gasteiger partial charge in [0.25, 0.3) is 0 Å². The van der Waals surface area contributed by atoms with Gasteiger partial charge in [-0.1, -0.05) is 13.0 Å². The van der Waals surface area contributed by atoms with E-state index in [1.807, 2.05) is 6.07 Å². The lowest BCUT2D eigenvalue weighted by Gasteiger charge is -2.55. The lowest BCUT2D eigenvalue weighted by Crippen LogP contribution is -2.58. The molecule has 27 heavy (non-hydrogen) atoms. The molecule has 1 aliphatic carbocycles. The maximum Gasteiger partial charge on any atom is 0.242 e. The molecule has 1 aromatic rings. The zero-order valence-corrected chi connectivity index (χ0v) is 16.1. The largest absolute Gasteiger partial charge is 0.508 e. The van der Waals surface area contributed by atoms with Crippen molar-refractivity contribution in [2.75, 3.05) is 20.1 Å². The van der Waals surface area contributed by atoms with E-state index in [0.29, 0.717) is 37.1 Å². The highest BCUT2D eigenvalue weighted by Gasteiger charge is 2.50. The molecule has 6 nitrogen and oxygen atoms in total. The third-order valence-corrected chi connectivity index (χ3v) is 7.17. The van der Waals surface area contributed by atoms with Gasteiger partial charge < -0.3 is 20.6 Å². The lowest BCUT2D eigenvalue weighted by molar-refractivity contribution is -0.125. The summed E-state index contributed by atoms with van der Waals surface area (Å²) < 4.78 is 0. The molecule has 0 radical (unpaired) electrons. The number of nitrogens with zero attached hydrogens (tertiary/aromatic N) is 1. The van der Waals surface area contributed by atoms with Gasteiger partial charge in [-0.25, -0.2) is 0 Å². The Kier molecular flexibility index (Phi) is 4.62. The van der Waals surface area contributed by atoms with Crippen molar-refractivity contribution in [3.8, 4) is 5.75 Å². The predicted octanol–water partition coefficient (Wildman–Crippen LogP) is 1.31. The molecule has 0 saturated carbocycles. The van der Waals surface area contributed by atoms with Crippen molar-refractivity contribution < 1.29 is 14.7 Å². The first-order valence-corrected chi connectivity index (χ1v) is 10.0. The van der Waals surface area contributed by atoms with Crippen molar-refractivity contribution in [3.63, 3.8) is 0 Å². The van der Waals surface area contributed by atoms with Gasteiger partial charge in [0.15, 0.2) is 0 Å². The molecule has 2 heterocycles. The maximum atomic E-state index is 12.4. The number of nitrogens with one attached hydrogen (secondary N) is 2. The summed E-state index contributed by atoms with van der Waals surface area (Å²) in [6.45, 7) is 3.92. The molecule has 3 N–H and O–H groups in total. The number of phenols is 1. The standard InChI is InChI=1S/C21H29N3O3/c1-13-18-11-14-3-4-15(25)12-16(14)21(13,8-10-24(18)2)7-9-22-20(27)17-5-6-19(26)23-17/h3-4,12-13,17-18,25H,5-11H2,1-2H3,(H,22,27)(H,23,26)/t13-,17-,18+,21+/m0/s1. The Bertz CT molecular complexity index is 765. The van der Waals surface area contributed by atoms with Crippen molar-refractivity contribution in [1.82, 2.24) is 15.5 Å². The molecule has 0 unspecified atom stereocenters. The highest BCUT2D eigenvalue weighted by atomic mass is 16.3. The van der Waals surface area contributed by atoms with Crippen molar-refractivity contribution in [2.45, 2.75) is 56.5 Å². The summed E-state index contributed by atoms with van der Waals surface area (Å²) in [6.07, 6.45) is 3.89. The molecule has 2 bridgehead atoms. The summed E-state index contributed by atoms with van der Waals surface area (Å²) in [5.74, 6) is 0.641. The van der Waals surface area contributed by atoms with Crippen LogP contribution in [-0.2, 0) is 21.4 Å². The zero-order valence-electron chi connectivity index (χ0n) is 16.1. The number of carbonyl (C=O) groups excluding carboxylic acids is 2. The predicted molar refractivity (Wildman–Crippen MR) is 102 cm³/mol. The lowest BCUT2D eigenvalue weighted by atomic mass is 9.56. The van der Waals surface area contributed by atoms with Crippen molar-refractivity contribution in [3.05, 3.63) is 29.3 Å². The van der Waals surface area contributed by atoms with Crippen LogP contribution >= 0.6 is 0 Å². The Hall–Kier alpha value is -2.08. The van der Waals surface area contributed by atoms with Crippen LogP contribution in [0.2, 0.25) is 0 Å². The number of rotatable bonds is 4. The Morgan fingerprint density at radius 3 is 3.00 bits per heavy atom. The van der Waals surface area contributed by atoms with Crippen LogP contribution in [0.25, 0.3) is 0 Å². The van der Waals surface area contributed by atoms with E-state index in [9.17, 15) is 14.7 Å². The summed E-state index contributed by atoms with van der Waals surface area (Å²) in [6, 6.07) is 5.88. The Morgan fingerprint density at radius 1 is 1.44 bits per heavy atom. The number of piperidine rings is 1. The van der Waals surface area contributed by atoms with Crippen molar-refractivity contribution in [2.24, 2.45) is 5.92 Å². The zero-order chi connectivity index (χ0) is 19.2. The topological polar surface area (TPSA) is 81.7 Å². The second kappa shape index (κ2) is 6.82. The summed E-state index contributed by atoms with van der Waals surface area (Å²) >= 11 is 0. The molecular weight excluding hydrogens is 342 g/mol. The summed E-state index contributed by atoms with van der Waals surface area (Å²) in [5.41, 5.74) is 2.54. The third-order valence-electron chi connectivity index (χ3n) is 7.17. The summed E-state index contributed by atoms with van der Waals surface area (Å²) in [4.78, 5) is 26.2. The third kappa shape index (κ3) is 3.10. The van der Waals surface area contributed by atoms with E-state index >= 15 is 0 Å². The first kappa shape index (κ1) is 18.3. The van der Waals surface area contributed by atoms with Gasteiger partial charge in [-0.3, -0.25) is 9.59 Å². The minimum absolute atomic E-state index is 0.0320. The number of fused-ring (bicyclic) bond motifs is 4. The molecule has 1 aromatic carbocycles. The van der Waals surface area contributed by atoms with Crippen LogP contribution in [0.3, 0.4) is 0 Å². The molecule has 0 spiro atoms. The van der Waals surface area contributed by atoms with Gasteiger partial charge in [-0.05, 0) is 68.5 Å². The fourth-order valence-corrected chi connectivity index (χ4v) is 5.49. The van der Waals surface area contributed by atoms with Gasteiger partial charge >= 0.3 is 0 Å². The van der Waals surface area contributed by atoms with E-state index in [4.69, 9.17) is 0 Å². The van der Waals surface area contributed by atoms with Crippen LogP contribution in [0, 0.1) is 5.92 Å². The van der Waals surface area contributed by atoms with Crippen LogP contribution in [0.15, 0.2) is 18.2 Å². The Morgan fingerprint density at radius 2 is 2.26 bits per heavy atom. The fraction of sp³-hybridized carbons (Fsp3) is 0.619. The van der Waals surface area contributed by atoms with E-state index in [-0.39, 0.29) is 23.3 Å². The van der Waals surface area contributed by atoms with Crippen LogP contribution in [0.1, 0.15) is 43.7 Å². The average molecular weight is 371 g/mol. The van der Waals surface area contributed by atoms with Gasteiger partial charge in [0.05, 0.1) is 0 Å². The second-order valence-corrected chi connectivity index (χ2v) is 8.49. The molecule has 2 amide bonds.